The Morgan fingerprint density at radius 1 is 1.03 bits per heavy atom. The van der Waals surface area contributed by atoms with E-state index in [2.05, 4.69) is 11.4 Å². The van der Waals surface area contributed by atoms with Crippen LogP contribution in [0.15, 0.2) is 78.2 Å². The Hall–Kier alpha value is -2.48. The van der Waals surface area contributed by atoms with Crippen molar-refractivity contribution in [1.29, 1.82) is 0 Å². The van der Waals surface area contributed by atoms with Gasteiger partial charge >= 0.3 is 0 Å². The third-order valence-corrected chi connectivity index (χ3v) is 7.98. The highest BCUT2D eigenvalue weighted by molar-refractivity contribution is 7.91. The normalized spacial score (nSPS) is 18.7. The van der Waals surface area contributed by atoms with Gasteiger partial charge in [-0.15, -0.1) is 11.3 Å². The largest absolute Gasteiger partial charge is 0.307 e. The SMILES string of the molecule is O=C(CN[C@H](c1ccccc1)c1cccs1)N(c1ccccc1)[C@@H]1CCS(=O)(=O)C1. The molecule has 2 heterocycles. The van der Waals surface area contributed by atoms with E-state index in [0.29, 0.717) is 6.42 Å². The van der Waals surface area contributed by atoms with E-state index in [1.807, 2.05) is 72.1 Å². The fourth-order valence-electron chi connectivity index (χ4n) is 3.88. The highest BCUT2D eigenvalue weighted by Crippen LogP contribution is 2.27. The second kappa shape index (κ2) is 9.12. The van der Waals surface area contributed by atoms with Gasteiger partial charge < -0.3 is 4.90 Å². The van der Waals surface area contributed by atoms with Crippen LogP contribution >= 0.6 is 11.3 Å². The lowest BCUT2D eigenvalue weighted by molar-refractivity contribution is -0.118. The van der Waals surface area contributed by atoms with Gasteiger partial charge in [-0.2, -0.15) is 0 Å². The Labute approximate surface area is 181 Å². The van der Waals surface area contributed by atoms with Gasteiger partial charge in [0.05, 0.1) is 30.1 Å². The van der Waals surface area contributed by atoms with Crippen molar-refractivity contribution in [3.8, 4) is 0 Å². The monoisotopic (exact) mass is 440 g/mol. The molecule has 1 fully saturated rings. The van der Waals surface area contributed by atoms with Gasteiger partial charge in [0, 0.05) is 10.6 Å². The number of hydrogen-bond acceptors (Lipinski definition) is 5. The number of para-hydroxylation sites is 1. The van der Waals surface area contributed by atoms with Gasteiger partial charge in [0.1, 0.15) is 0 Å². The first kappa shape index (κ1) is 20.8. The number of carbonyl (C=O) groups is 1. The summed E-state index contributed by atoms with van der Waals surface area (Å²) in [4.78, 5) is 16.1. The number of sulfone groups is 1. The minimum absolute atomic E-state index is 0.0146. The van der Waals surface area contributed by atoms with E-state index < -0.39 is 9.84 Å². The molecular weight excluding hydrogens is 416 g/mol. The number of amides is 1. The van der Waals surface area contributed by atoms with Crippen LogP contribution in [0.25, 0.3) is 0 Å². The number of rotatable bonds is 7. The number of nitrogens with zero attached hydrogens (tertiary/aromatic N) is 1. The standard InChI is InChI=1S/C23H24N2O3S2/c26-22(16-24-23(21-12-7-14-29-21)18-8-3-1-4-9-18)25(19-10-5-2-6-11-19)20-13-15-30(27,28)17-20/h1-12,14,20,23-24H,13,15-17H2/t20-,23-/m1/s1. The van der Waals surface area contributed by atoms with Gasteiger partial charge in [0.25, 0.3) is 0 Å². The summed E-state index contributed by atoms with van der Waals surface area (Å²) in [5, 5.41) is 5.42. The molecule has 30 heavy (non-hydrogen) atoms. The third kappa shape index (κ3) is 4.80. The van der Waals surface area contributed by atoms with Crippen LogP contribution in [0.3, 0.4) is 0 Å². The molecular formula is C23H24N2O3S2. The van der Waals surface area contributed by atoms with Crippen LogP contribution in [0.5, 0.6) is 0 Å². The maximum absolute atomic E-state index is 13.3. The number of hydrogen-bond donors (Lipinski definition) is 1. The van der Waals surface area contributed by atoms with Crippen molar-refractivity contribution in [2.45, 2.75) is 18.5 Å². The van der Waals surface area contributed by atoms with E-state index in [1.165, 1.54) is 0 Å². The molecule has 5 nitrogen and oxygen atoms in total. The molecule has 1 amide bonds. The number of benzene rings is 2. The molecule has 1 N–H and O–H groups in total. The second-order valence-electron chi connectivity index (χ2n) is 7.40. The van der Waals surface area contributed by atoms with Crippen molar-refractivity contribution in [3.63, 3.8) is 0 Å². The van der Waals surface area contributed by atoms with Crippen LogP contribution in [0.1, 0.15) is 22.9 Å². The summed E-state index contributed by atoms with van der Waals surface area (Å²) < 4.78 is 24.1. The van der Waals surface area contributed by atoms with Gasteiger partial charge in [-0.3, -0.25) is 10.1 Å². The Kier molecular flexibility index (Phi) is 6.32. The Balaban J connectivity index is 1.56. The predicted molar refractivity (Wildman–Crippen MR) is 122 cm³/mol. The molecule has 7 heteroatoms. The number of thiophene rings is 1. The van der Waals surface area contributed by atoms with Gasteiger partial charge in [-0.1, -0.05) is 54.6 Å². The molecule has 2 aromatic carbocycles. The van der Waals surface area contributed by atoms with Crippen LogP contribution in [0.2, 0.25) is 0 Å². The topological polar surface area (TPSA) is 66.5 Å². The van der Waals surface area contributed by atoms with E-state index in [0.717, 1.165) is 16.1 Å². The first-order valence-electron chi connectivity index (χ1n) is 9.93. The van der Waals surface area contributed by atoms with E-state index in [1.54, 1.807) is 16.2 Å². The number of nitrogens with one attached hydrogen (secondary N) is 1. The number of carbonyl (C=O) groups excluding carboxylic acids is 1. The van der Waals surface area contributed by atoms with Gasteiger partial charge in [0.2, 0.25) is 5.91 Å². The van der Waals surface area contributed by atoms with Crippen molar-refractivity contribution < 1.29 is 13.2 Å². The Morgan fingerprint density at radius 2 is 1.73 bits per heavy atom. The fourth-order valence-corrected chi connectivity index (χ4v) is 6.41. The van der Waals surface area contributed by atoms with Crippen LogP contribution in [0, 0.1) is 0 Å². The molecule has 0 unspecified atom stereocenters. The van der Waals surface area contributed by atoms with Crippen LogP contribution < -0.4 is 10.2 Å². The predicted octanol–water partition coefficient (Wildman–Crippen LogP) is 3.65. The summed E-state index contributed by atoms with van der Waals surface area (Å²) >= 11 is 1.64. The van der Waals surface area contributed by atoms with E-state index >= 15 is 0 Å². The average molecular weight is 441 g/mol. The molecule has 4 rings (SSSR count). The minimum atomic E-state index is -3.10. The smallest absolute Gasteiger partial charge is 0.241 e. The maximum atomic E-state index is 13.3. The average Bonchev–Trinajstić information content (AvgIpc) is 3.40. The quantitative estimate of drug-likeness (QED) is 0.609. The zero-order valence-electron chi connectivity index (χ0n) is 16.5. The summed E-state index contributed by atoms with van der Waals surface area (Å²) in [6.07, 6.45) is 0.468. The second-order valence-corrected chi connectivity index (χ2v) is 10.6. The van der Waals surface area contributed by atoms with Crippen molar-refractivity contribution >= 4 is 32.8 Å². The molecule has 0 aliphatic carbocycles. The minimum Gasteiger partial charge on any atom is -0.307 e. The van der Waals surface area contributed by atoms with Gasteiger partial charge in [-0.05, 0) is 35.6 Å². The number of anilines is 1. The highest BCUT2D eigenvalue weighted by Gasteiger charge is 2.35. The summed E-state index contributed by atoms with van der Waals surface area (Å²) in [7, 11) is -3.10. The van der Waals surface area contributed by atoms with Crippen LogP contribution in [0.4, 0.5) is 5.69 Å². The lowest BCUT2D eigenvalue weighted by Gasteiger charge is -2.29. The molecule has 1 aromatic heterocycles. The highest BCUT2D eigenvalue weighted by atomic mass is 32.2. The van der Waals surface area contributed by atoms with Crippen LogP contribution in [-0.2, 0) is 14.6 Å². The fraction of sp³-hybridized carbons (Fsp3) is 0.261. The van der Waals surface area contributed by atoms with Crippen molar-refractivity contribution in [2.75, 3.05) is 23.0 Å². The third-order valence-electron chi connectivity index (χ3n) is 5.29. The molecule has 1 aliphatic heterocycles. The molecule has 0 spiro atoms. The summed E-state index contributed by atoms with van der Waals surface area (Å²) in [6, 6.07) is 23.0. The zero-order valence-corrected chi connectivity index (χ0v) is 18.1. The molecule has 0 radical (unpaired) electrons. The molecule has 3 aromatic rings. The van der Waals surface area contributed by atoms with Gasteiger partial charge in [0.15, 0.2) is 9.84 Å². The van der Waals surface area contributed by atoms with E-state index in [-0.39, 0.29) is 36.0 Å². The van der Waals surface area contributed by atoms with Crippen LogP contribution in [-0.4, -0.2) is 38.4 Å². The zero-order chi connectivity index (χ0) is 21.0. The molecule has 1 aliphatic rings. The summed E-state index contributed by atoms with van der Waals surface area (Å²) in [5.74, 6) is 0.0188. The Morgan fingerprint density at radius 3 is 2.33 bits per heavy atom. The van der Waals surface area contributed by atoms with Gasteiger partial charge in [-0.25, -0.2) is 8.42 Å². The first-order chi connectivity index (χ1) is 14.5. The molecule has 0 bridgehead atoms. The molecule has 1 saturated heterocycles. The lowest BCUT2D eigenvalue weighted by Crippen LogP contribution is -2.46. The van der Waals surface area contributed by atoms with Crippen molar-refractivity contribution in [3.05, 3.63) is 88.6 Å². The van der Waals surface area contributed by atoms with E-state index in [4.69, 9.17) is 0 Å². The lowest BCUT2D eigenvalue weighted by atomic mass is 10.1. The maximum Gasteiger partial charge on any atom is 0.241 e. The first-order valence-corrected chi connectivity index (χ1v) is 12.6. The van der Waals surface area contributed by atoms with Crippen molar-refractivity contribution in [1.82, 2.24) is 5.32 Å². The summed E-state index contributed by atoms with van der Waals surface area (Å²) in [5.41, 5.74) is 1.82. The molecule has 0 saturated carbocycles. The van der Waals surface area contributed by atoms with Crippen molar-refractivity contribution in [2.24, 2.45) is 0 Å². The Bertz CT molecular complexity index is 1070. The summed E-state index contributed by atoms with van der Waals surface area (Å²) in [6.45, 7) is 0.114. The van der Waals surface area contributed by atoms with E-state index in [9.17, 15) is 13.2 Å². The molecule has 2 atom stereocenters. The molecule has 156 valence electrons.